The van der Waals surface area contributed by atoms with Gasteiger partial charge in [-0.1, -0.05) is 12.8 Å². The molecule has 1 saturated carbocycles. The standard InChI is InChI=1S/C12H22N2O4/c1-8(9-4-2-3-5-9)13-12(18)14-10(6-7-15)11(16)17/h8-10,15H,2-7H2,1H3,(H,16,17)(H2,13,14,18). The number of carboxylic acids is 1. The molecule has 0 aromatic rings. The summed E-state index contributed by atoms with van der Waals surface area (Å²) in [6.45, 7) is 1.67. The van der Waals surface area contributed by atoms with Crippen molar-refractivity contribution in [2.24, 2.45) is 5.92 Å². The molecule has 0 radical (unpaired) electrons. The van der Waals surface area contributed by atoms with E-state index in [9.17, 15) is 9.59 Å². The van der Waals surface area contributed by atoms with Gasteiger partial charge >= 0.3 is 12.0 Å². The second kappa shape index (κ2) is 7.20. The molecule has 0 aliphatic heterocycles. The Bertz CT molecular complexity index is 290. The topological polar surface area (TPSA) is 98.7 Å². The Morgan fingerprint density at radius 2 is 1.89 bits per heavy atom. The first-order valence-corrected chi connectivity index (χ1v) is 6.45. The normalized spacial score (nSPS) is 19.2. The molecule has 6 nitrogen and oxygen atoms in total. The van der Waals surface area contributed by atoms with Crippen LogP contribution in [0.2, 0.25) is 0 Å². The van der Waals surface area contributed by atoms with Crippen molar-refractivity contribution in [1.82, 2.24) is 10.6 Å². The second-order valence-electron chi connectivity index (χ2n) is 4.85. The maximum Gasteiger partial charge on any atom is 0.326 e. The molecule has 0 aromatic heterocycles. The summed E-state index contributed by atoms with van der Waals surface area (Å²) in [5.74, 6) is -0.649. The van der Waals surface area contributed by atoms with Crippen LogP contribution in [0.3, 0.4) is 0 Å². The summed E-state index contributed by atoms with van der Waals surface area (Å²) in [6.07, 6.45) is 4.63. The van der Waals surface area contributed by atoms with Gasteiger partial charge in [0.2, 0.25) is 0 Å². The Morgan fingerprint density at radius 1 is 1.28 bits per heavy atom. The molecule has 0 bridgehead atoms. The number of amides is 2. The van der Waals surface area contributed by atoms with E-state index < -0.39 is 18.0 Å². The van der Waals surface area contributed by atoms with E-state index in [1.54, 1.807) is 0 Å². The Hall–Kier alpha value is -1.30. The fourth-order valence-corrected chi connectivity index (χ4v) is 2.37. The fraction of sp³-hybridized carbons (Fsp3) is 0.833. The highest BCUT2D eigenvalue weighted by molar-refractivity contribution is 5.82. The first kappa shape index (κ1) is 14.8. The number of hydrogen-bond donors (Lipinski definition) is 4. The molecule has 0 heterocycles. The molecule has 2 atom stereocenters. The van der Waals surface area contributed by atoms with Crippen LogP contribution in [0.25, 0.3) is 0 Å². The molecule has 0 saturated heterocycles. The first-order valence-electron chi connectivity index (χ1n) is 6.45. The van der Waals surface area contributed by atoms with E-state index in [0.29, 0.717) is 5.92 Å². The molecule has 0 spiro atoms. The van der Waals surface area contributed by atoms with Crippen molar-refractivity contribution in [3.63, 3.8) is 0 Å². The molecule has 0 aromatic carbocycles. The van der Waals surface area contributed by atoms with Crippen molar-refractivity contribution in [3.8, 4) is 0 Å². The maximum absolute atomic E-state index is 11.6. The van der Waals surface area contributed by atoms with E-state index in [1.807, 2.05) is 6.92 Å². The highest BCUT2D eigenvalue weighted by Gasteiger charge is 2.24. The number of aliphatic carboxylic acids is 1. The summed E-state index contributed by atoms with van der Waals surface area (Å²) < 4.78 is 0. The minimum absolute atomic E-state index is 0.0144. The average Bonchev–Trinajstić information content (AvgIpc) is 2.81. The number of carbonyl (C=O) groups excluding carboxylic acids is 1. The van der Waals surface area contributed by atoms with E-state index in [4.69, 9.17) is 10.2 Å². The highest BCUT2D eigenvalue weighted by Crippen LogP contribution is 2.27. The van der Waals surface area contributed by atoms with Gasteiger partial charge in [-0.15, -0.1) is 0 Å². The third kappa shape index (κ3) is 4.52. The van der Waals surface area contributed by atoms with Crippen LogP contribution in [-0.2, 0) is 4.79 Å². The predicted molar refractivity (Wildman–Crippen MR) is 66.2 cm³/mol. The number of carbonyl (C=O) groups is 2. The molecule has 1 aliphatic rings. The summed E-state index contributed by atoms with van der Waals surface area (Å²) in [5, 5.41) is 22.7. The van der Waals surface area contributed by atoms with E-state index in [0.717, 1.165) is 12.8 Å². The maximum atomic E-state index is 11.6. The Labute approximate surface area is 107 Å². The molecule has 104 valence electrons. The van der Waals surface area contributed by atoms with Crippen LogP contribution in [0, 0.1) is 5.92 Å². The van der Waals surface area contributed by atoms with Crippen molar-refractivity contribution in [1.29, 1.82) is 0 Å². The molecule has 1 aliphatic carbocycles. The zero-order valence-corrected chi connectivity index (χ0v) is 10.7. The smallest absolute Gasteiger partial charge is 0.326 e. The van der Waals surface area contributed by atoms with Crippen molar-refractivity contribution in [2.45, 2.75) is 51.1 Å². The van der Waals surface area contributed by atoms with E-state index in [1.165, 1.54) is 12.8 Å². The number of nitrogens with one attached hydrogen (secondary N) is 2. The molecule has 1 rings (SSSR count). The number of urea groups is 1. The lowest BCUT2D eigenvalue weighted by atomic mass is 10.0. The highest BCUT2D eigenvalue weighted by atomic mass is 16.4. The summed E-state index contributed by atoms with van der Waals surface area (Å²) in [6, 6.07) is -1.46. The van der Waals surface area contributed by atoms with Gasteiger partial charge in [0.15, 0.2) is 0 Å². The van der Waals surface area contributed by atoms with Gasteiger partial charge in [0.1, 0.15) is 6.04 Å². The quantitative estimate of drug-likeness (QED) is 0.563. The lowest BCUT2D eigenvalue weighted by Crippen LogP contribution is -2.50. The van der Waals surface area contributed by atoms with Crippen LogP contribution in [-0.4, -0.2) is 40.9 Å². The van der Waals surface area contributed by atoms with E-state index in [2.05, 4.69) is 10.6 Å². The van der Waals surface area contributed by atoms with Gasteiger partial charge in [0.05, 0.1) is 0 Å². The van der Waals surface area contributed by atoms with Gasteiger partial charge in [0, 0.05) is 19.1 Å². The lowest BCUT2D eigenvalue weighted by molar-refractivity contribution is -0.139. The average molecular weight is 258 g/mol. The van der Waals surface area contributed by atoms with Gasteiger partial charge < -0.3 is 20.8 Å². The third-order valence-electron chi connectivity index (χ3n) is 3.49. The molecular weight excluding hydrogens is 236 g/mol. The Kier molecular flexibility index (Phi) is 5.91. The number of carboxylic acid groups (broad SMARTS) is 1. The Balaban J connectivity index is 2.36. The third-order valence-corrected chi connectivity index (χ3v) is 3.49. The number of aliphatic hydroxyl groups is 1. The minimum atomic E-state index is -1.13. The largest absolute Gasteiger partial charge is 0.480 e. The van der Waals surface area contributed by atoms with E-state index >= 15 is 0 Å². The van der Waals surface area contributed by atoms with Gasteiger partial charge in [-0.05, 0) is 25.7 Å². The van der Waals surface area contributed by atoms with Crippen LogP contribution >= 0.6 is 0 Å². The van der Waals surface area contributed by atoms with Gasteiger partial charge in [-0.2, -0.15) is 0 Å². The predicted octanol–water partition coefficient (Wildman–Crippen LogP) is 0.700. The van der Waals surface area contributed by atoms with Crippen LogP contribution in [0.4, 0.5) is 4.79 Å². The SMILES string of the molecule is CC(NC(=O)NC(CCO)C(=O)O)C1CCCC1. The molecular formula is C12H22N2O4. The van der Waals surface area contributed by atoms with Gasteiger partial charge in [0.25, 0.3) is 0 Å². The summed E-state index contributed by atoms with van der Waals surface area (Å²) in [5.41, 5.74) is 0. The number of aliphatic hydroxyl groups excluding tert-OH is 1. The molecule has 6 heteroatoms. The monoisotopic (exact) mass is 258 g/mol. The molecule has 4 N–H and O–H groups in total. The Morgan fingerprint density at radius 3 is 2.39 bits per heavy atom. The van der Waals surface area contributed by atoms with Crippen molar-refractivity contribution < 1.29 is 19.8 Å². The number of rotatable bonds is 6. The molecule has 1 fully saturated rings. The van der Waals surface area contributed by atoms with Gasteiger partial charge in [-0.3, -0.25) is 0 Å². The van der Waals surface area contributed by atoms with Crippen LogP contribution in [0.15, 0.2) is 0 Å². The molecule has 2 amide bonds. The molecule has 18 heavy (non-hydrogen) atoms. The summed E-state index contributed by atoms with van der Waals surface area (Å²) in [4.78, 5) is 22.4. The minimum Gasteiger partial charge on any atom is -0.480 e. The lowest BCUT2D eigenvalue weighted by Gasteiger charge is -2.22. The summed E-state index contributed by atoms with van der Waals surface area (Å²) >= 11 is 0. The summed E-state index contributed by atoms with van der Waals surface area (Å²) in [7, 11) is 0. The van der Waals surface area contributed by atoms with Crippen molar-refractivity contribution in [3.05, 3.63) is 0 Å². The van der Waals surface area contributed by atoms with Crippen LogP contribution in [0.1, 0.15) is 39.0 Å². The van der Waals surface area contributed by atoms with Crippen molar-refractivity contribution >= 4 is 12.0 Å². The van der Waals surface area contributed by atoms with Crippen LogP contribution in [0.5, 0.6) is 0 Å². The van der Waals surface area contributed by atoms with Crippen molar-refractivity contribution in [2.75, 3.05) is 6.61 Å². The fourth-order valence-electron chi connectivity index (χ4n) is 2.37. The second-order valence-corrected chi connectivity index (χ2v) is 4.85. The zero-order chi connectivity index (χ0) is 13.5. The molecule has 2 unspecified atom stereocenters. The zero-order valence-electron chi connectivity index (χ0n) is 10.7. The number of hydrogen-bond acceptors (Lipinski definition) is 3. The van der Waals surface area contributed by atoms with Gasteiger partial charge in [-0.25, -0.2) is 9.59 Å². The van der Waals surface area contributed by atoms with E-state index in [-0.39, 0.29) is 19.1 Å². The first-order chi connectivity index (χ1) is 8.54. The van der Waals surface area contributed by atoms with Crippen LogP contribution < -0.4 is 10.6 Å².